The summed E-state index contributed by atoms with van der Waals surface area (Å²) < 4.78 is 1.12. The van der Waals surface area contributed by atoms with E-state index in [4.69, 9.17) is 0 Å². The van der Waals surface area contributed by atoms with Crippen LogP contribution in [-0.4, -0.2) is 7.05 Å². The first kappa shape index (κ1) is 12.3. The highest BCUT2D eigenvalue weighted by Crippen LogP contribution is 2.27. The van der Waals surface area contributed by atoms with E-state index in [0.717, 1.165) is 11.0 Å². The van der Waals surface area contributed by atoms with Crippen molar-refractivity contribution in [3.05, 3.63) is 58.1 Å². The van der Waals surface area contributed by atoms with Gasteiger partial charge in [0.25, 0.3) is 0 Å². The minimum atomic E-state index is 0.891. The lowest BCUT2D eigenvalue weighted by Crippen LogP contribution is -2.06. The summed E-state index contributed by atoms with van der Waals surface area (Å²) in [6, 6.07) is 15.0. The molecule has 1 N–H and O–H groups in total. The first-order chi connectivity index (χ1) is 8.20. The summed E-state index contributed by atoms with van der Waals surface area (Å²) in [4.78, 5) is 0. The van der Waals surface area contributed by atoms with Gasteiger partial charge in [0.15, 0.2) is 0 Å². The summed E-state index contributed by atoms with van der Waals surface area (Å²) in [5, 5.41) is 3.22. The van der Waals surface area contributed by atoms with E-state index in [-0.39, 0.29) is 0 Å². The number of nitrogens with one attached hydrogen (secondary N) is 1. The third-order valence-electron chi connectivity index (χ3n) is 2.77. The highest BCUT2D eigenvalue weighted by atomic mass is 79.9. The molecule has 0 radical (unpaired) electrons. The van der Waals surface area contributed by atoms with Crippen LogP contribution in [-0.2, 0) is 6.54 Å². The van der Waals surface area contributed by atoms with Crippen molar-refractivity contribution in [1.29, 1.82) is 0 Å². The first-order valence-electron chi connectivity index (χ1n) is 5.71. The maximum absolute atomic E-state index is 3.53. The molecule has 0 aliphatic heterocycles. The van der Waals surface area contributed by atoms with E-state index >= 15 is 0 Å². The van der Waals surface area contributed by atoms with Gasteiger partial charge in [0.1, 0.15) is 0 Å². The van der Waals surface area contributed by atoms with Crippen molar-refractivity contribution in [2.45, 2.75) is 13.5 Å². The van der Waals surface area contributed by atoms with Crippen molar-refractivity contribution in [3.63, 3.8) is 0 Å². The standard InChI is InChI=1S/C15H16BrN/c1-11-6-7-13(10-17-2)15(8-11)12-4-3-5-14(16)9-12/h3-9,17H,10H2,1-2H3. The number of hydrogen-bond donors (Lipinski definition) is 1. The molecule has 2 aromatic carbocycles. The Morgan fingerprint density at radius 3 is 2.65 bits per heavy atom. The van der Waals surface area contributed by atoms with Crippen molar-refractivity contribution < 1.29 is 0 Å². The number of halogens is 1. The maximum atomic E-state index is 3.53. The molecule has 0 bridgehead atoms. The Balaban J connectivity index is 2.52. The quantitative estimate of drug-likeness (QED) is 0.895. The minimum Gasteiger partial charge on any atom is -0.316 e. The molecule has 2 heteroatoms. The molecule has 2 rings (SSSR count). The monoisotopic (exact) mass is 289 g/mol. The van der Waals surface area contributed by atoms with Gasteiger partial charge in [-0.2, -0.15) is 0 Å². The van der Waals surface area contributed by atoms with Crippen LogP contribution in [0.3, 0.4) is 0 Å². The molecule has 0 fully saturated rings. The SMILES string of the molecule is CNCc1ccc(C)cc1-c1cccc(Br)c1. The zero-order valence-electron chi connectivity index (χ0n) is 10.1. The van der Waals surface area contributed by atoms with Gasteiger partial charge in [-0.25, -0.2) is 0 Å². The fourth-order valence-electron chi connectivity index (χ4n) is 1.96. The Bertz CT molecular complexity index is 520. The van der Waals surface area contributed by atoms with Crippen molar-refractivity contribution in [1.82, 2.24) is 5.32 Å². The molecule has 0 atom stereocenters. The lowest BCUT2D eigenvalue weighted by molar-refractivity contribution is 0.819. The van der Waals surface area contributed by atoms with E-state index < -0.39 is 0 Å². The van der Waals surface area contributed by atoms with E-state index in [0.29, 0.717) is 0 Å². The Kier molecular flexibility index (Phi) is 3.97. The van der Waals surface area contributed by atoms with E-state index in [9.17, 15) is 0 Å². The first-order valence-corrected chi connectivity index (χ1v) is 6.50. The third kappa shape index (κ3) is 2.96. The van der Waals surface area contributed by atoms with Crippen molar-refractivity contribution in [3.8, 4) is 11.1 Å². The van der Waals surface area contributed by atoms with Crippen LogP contribution in [0, 0.1) is 6.92 Å². The normalized spacial score (nSPS) is 10.5. The molecule has 0 aliphatic carbocycles. The molecule has 0 aromatic heterocycles. The van der Waals surface area contributed by atoms with Gasteiger partial charge in [0.2, 0.25) is 0 Å². The number of rotatable bonds is 3. The van der Waals surface area contributed by atoms with Gasteiger partial charge < -0.3 is 5.32 Å². The van der Waals surface area contributed by atoms with Crippen LogP contribution >= 0.6 is 15.9 Å². The van der Waals surface area contributed by atoms with Crippen LogP contribution in [0.4, 0.5) is 0 Å². The van der Waals surface area contributed by atoms with Crippen LogP contribution in [0.15, 0.2) is 46.9 Å². The fourth-order valence-corrected chi connectivity index (χ4v) is 2.36. The van der Waals surface area contributed by atoms with Crippen molar-refractivity contribution in [2.24, 2.45) is 0 Å². The van der Waals surface area contributed by atoms with Gasteiger partial charge in [-0.1, -0.05) is 51.8 Å². The second-order valence-electron chi connectivity index (χ2n) is 4.20. The minimum absolute atomic E-state index is 0.891. The van der Waals surface area contributed by atoms with Crippen molar-refractivity contribution >= 4 is 15.9 Å². The third-order valence-corrected chi connectivity index (χ3v) is 3.26. The average Bonchev–Trinajstić information content (AvgIpc) is 2.32. The smallest absolute Gasteiger partial charge is 0.0208 e. The second kappa shape index (κ2) is 5.48. The summed E-state index contributed by atoms with van der Waals surface area (Å²) in [6.07, 6.45) is 0. The molecule has 0 unspecified atom stereocenters. The second-order valence-corrected chi connectivity index (χ2v) is 5.12. The number of hydrogen-bond acceptors (Lipinski definition) is 1. The topological polar surface area (TPSA) is 12.0 Å². The molecule has 1 nitrogen and oxygen atoms in total. The molecular formula is C15H16BrN. The van der Waals surface area contributed by atoms with E-state index in [2.05, 4.69) is 70.6 Å². The zero-order chi connectivity index (χ0) is 12.3. The van der Waals surface area contributed by atoms with Crippen LogP contribution in [0.2, 0.25) is 0 Å². The van der Waals surface area contributed by atoms with Crippen LogP contribution < -0.4 is 5.32 Å². The molecule has 0 saturated carbocycles. The van der Waals surface area contributed by atoms with Gasteiger partial charge in [-0.05, 0) is 42.8 Å². The molecule has 0 heterocycles. The van der Waals surface area contributed by atoms with Gasteiger partial charge in [0, 0.05) is 11.0 Å². The van der Waals surface area contributed by atoms with Gasteiger partial charge in [-0.3, -0.25) is 0 Å². The van der Waals surface area contributed by atoms with Crippen LogP contribution in [0.1, 0.15) is 11.1 Å². The molecule has 2 aromatic rings. The number of aryl methyl sites for hydroxylation is 1. The summed E-state index contributed by atoms with van der Waals surface area (Å²) in [7, 11) is 1.98. The molecular weight excluding hydrogens is 274 g/mol. The number of benzene rings is 2. The highest BCUT2D eigenvalue weighted by Gasteiger charge is 2.05. The van der Waals surface area contributed by atoms with Crippen molar-refractivity contribution in [2.75, 3.05) is 7.05 Å². The Hall–Kier alpha value is -1.12. The zero-order valence-corrected chi connectivity index (χ0v) is 11.7. The molecule has 88 valence electrons. The molecule has 0 amide bonds. The van der Waals surface area contributed by atoms with Crippen LogP contribution in [0.5, 0.6) is 0 Å². The summed E-state index contributed by atoms with van der Waals surface area (Å²) >= 11 is 3.53. The molecule has 0 saturated heterocycles. The lowest BCUT2D eigenvalue weighted by Gasteiger charge is -2.11. The predicted octanol–water partition coefficient (Wildman–Crippen LogP) is 4.14. The summed E-state index contributed by atoms with van der Waals surface area (Å²) in [5.74, 6) is 0. The van der Waals surface area contributed by atoms with E-state index in [1.165, 1.54) is 22.3 Å². The van der Waals surface area contributed by atoms with Gasteiger partial charge >= 0.3 is 0 Å². The van der Waals surface area contributed by atoms with Gasteiger partial charge in [-0.15, -0.1) is 0 Å². The largest absolute Gasteiger partial charge is 0.316 e. The van der Waals surface area contributed by atoms with E-state index in [1.807, 2.05) is 7.05 Å². The molecule has 17 heavy (non-hydrogen) atoms. The van der Waals surface area contributed by atoms with Crippen LogP contribution in [0.25, 0.3) is 11.1 Å². The maximum Gasteiger partial charge on any atom is 0.0208 e. The Morgan fingerprint density at radius 1 is 1.12 bits per heavy atom. The predicted molar refractivity (Wildman–Crippen MR) is 77.1 cm³/mol. The summed E-state index contributed by atoms with van der Waals surface area (Å²) in [6.45, 7) is 3.02. The Morgan fingerprint density at radius 2 is 1.94 bits per heavy atom. The summed E-state index contributed by atoms with van der Waals surface area (Å²) in [5.41, 5.74) is 5.19. The molecule has 0 aliphatic rings. The highest BCUT2D eigenvalue weighted by molar-refractivity contribution is 9.10. The molecule has 0 spiro atoms. The Labute approximate surface area is 111 Å². The average molecular weight is 290 g/mol. The van der Waals surface area contributed by atoms with Gasteiger partial charge in [0.05, 0.1) is 0 Å². The fraction of sp³-hybridized carbons (Fsp3) is 0.200. The van der Waals surface area contributed by atoms with E-state index in [1.54, 1.807) is 0 Å². The lowest BCUT2D eigenvalue weighted by atomic mass is 9.97.